The predicted octanol–water partition coefficient (Wildman–Crippen LogP) is 1.19. The molecule has 1 aromatic heterocycles. The molecule has 0 radical (unpaired) electrons. The van der Waals surface area contributed by atoms with Crippen LogP contribution in [0.3, 0.4) is 0 Å². The Balaban J connectivity index is 2.17. The van der Waals surface area contributed by atoms with Gasteiger partial charge in [0.25, 0.3) is 0 Å². The Kier molecular flexibility index (Phi) is 4.21. The van der Waals surface area contributed by atoms with Gasteiger partial charge in [-0.15, -0.1) is 11.3 Å². The molecule has 1 rings (SSSR count). The van der Waals surface area contributed by atoms with E-state index in [2.05, 4.69) is 5.32 Å². The van der Waals surface area contributed by atoms with E-state index in [1.807, 2.05) is 11.4 Å². The summed E-state index contributed by atoms with van der Waals surface area (Å²) in [6.07, 6.45) is 0.554. The molecule has 0 aromatic carbocycles. The van der Waals surface area contributed by atoms with E-state index in [1.54, 1.807) is 18.3 Å². The van der Waals surface area contributed by atoms with Crippen LogP contribution in [0.4, 0.5) is 5.69 Å². The van der Waals surface area contributed by atoms with Crippen LogP contribution in [0.5, 0.6) is 0 Å². The van der Waals surface area contributed by atoms with Gasteiger partial charge in [0.05, 0.1) is 6.10 Å². The Morgan fingerprint density at radius 3 is 3.00 bits per heavy atom. The van der Waals surface area contributed by atoms with E-state index in [9.17, 15) is 0 Å². The van der Waals surface area contributed by atoms with Gasteiger partial charge >= 0.3 is 0 Å². The summed E-state index contributed by atoms with van der Waals surface area (Å²) in [4.78, 5) is 1.17. The molecule has 13 heavy (non-hydrogen) atoms. The first kappa shape index (κ1) is 10.5. The Morgan fingerprint density at radius 1 is 1.69 bits per heavy atom. The van der Waals surface area contributed by atoms with Crippen molar-refractivity contribution in [2.24, 2.45) is 0 Å². The molecule has 3 nitrogen and oxygen atoms in total. The second-order valence-electron chi connectivity index (χ2n) is 3.11. The summed E-state index contributed by atoms with van der Waals surface area (Å²) in [5.41, 5.74) is 6.56. The molecule has 0 fully saturated rings. The van der Waals surface area contributed by atoms with Crippen LogP contribution >= 0.6 is 11.3 Å². The molecule has 4 N–H and O–H groups in total. The molecule has 0 aliphatic rings. The fraction of sp³-hybridized carbons (Fsp3) is 0.556. The number of nitrogens with one attached hydrogen (secondary N) is 1. The monoisotopic (exact) mass is 200 g/mol. The van der Waals surface area contributed by atoms with Gasteiger partial charge in [-0.05, 0) is 31.3 Å². The molecule has 0 amide bonds. The predicted molar refractivity (Wildman–Crippen MR) is 56.7 cm³/mol. The van der Waals surface area contributed by atoms with Crippen molar-refractivity contribution in [2.45, 2.75) is 26.0 Å². The van der Waals surface area contributed by atoms with Crippen molar-refractivity contribution in [3.05, 3.63) is 16.3 Å². The number of anilines is 1. The zero-order chi connectivity index (χ0) is 9.68. The van der Waals surface area contributed by atoms with Crippen molar-refractivity contribution in [1.29, 1.82) is 0 Å². The van der Waals surface area contributed by atoms with Crippen molar-refractivity contribution in [3.63, 3.8) is 0 Å². The number of thiophene rings is 1. The maximum Gasteiger partial charge on any atom is 0.0524 e. The Hall–Kier alpha value is -0.580. The number of hydrogen-bond acceptors (Lipinski definition) is 4. The molecule has 1 aromatic rings. The first-order chi connectivity index (χ1) is 6.20. The minimum atomic E-state index is -0.229. The van der Waals surface area contributed by atoms with Crippen molar-refractivity contribution < 1.29 is 5.11 Å². The van der Waals surface area contributed by atoms with Gasteiger partial charge in [0, 0.05) is 17.1 Å². The fourth-order valence-corrected chi connectivity index (χ4v) is 1.78. The van der Waals surface area contributed by atoms with Gasteiger partial charge in [-0.2, -0.15) is 0 Å². The summed E-state index contributed by atoms with van der Waals surface area (Å²) in [5, 5.41) is 14.2. The van der Waals surface area contributed by atoms with Gasteiger partial charge in [-0.3, -0.25) is 0 Å². The second-order valence-corrected chi connectivity index (χ2v) is 4.11. The average molecular weight is 200 g/mol. The van der Waals surface area contributed by atoms with Gasteiger partial charge in [-0.1, -0.05) is 0 Å². The first-order valence-electron chi connectivity index (χ1n) is 4.40. The number of rotatable bonds is 5. The molecule has 0 saturated heterocycles. The van der Waals surface area contributed by atoms with Crippen LogP contribution in [-0.4, -0.2) is 17.8 Å². The van der Waals surface area contributed by atoms with Crippen LogP contribution in [0.25, 0.3) is 0 Å². The van der Waals surface area contributed by atoms with Gasteiger partial charge < -0.3 is 16.2 Å². The number of aliphatic hydroxyl groups excluding tert-OH is 1. The molecule has 1 unspecified atom stereocenters. The molecule has 1 atom stereocenters. The van der Waals surface area contributed by atoms with E-state index >= 15 is 0 Å². The third-order valence-electron chi connectivity index (χ3n) is 1.80. The fourth-order valence-electron chi connectivity index (χ4n) is 1.01. The molecule has 0 aliphatic carbocycles. The summed E-state index contributed by atoms with van der Waals surface area (Å²) >= 11 is 1.66. The van der Waals surface area contributed by atoms with Crippen LogP contribution in [0.15, 0.2) is 11.4 Å². The Bertz CT molecular complexity index is 248. The van der Waals surface area contributed by atoms with Gasteiger partial charge in [0.1, 0.15) is 0 Å². The largest absolute Gasteiger partial charge is 0.398 e. The number of hydrogen-bond donors (Lipinski definition) is 3. The highest BCUT2D eigenvalue weighted by Gasteiger charge is 1.99. The maximum atomic E-state index is 9.00. The van der Waals surface area contributed by atoms with Crippen molar-refractivity contribution >= 4 is 17.0 Å². The molecule has 0 saturated carbocycles. The Morgan fingerprint density at radius 2 is 2.46 bits per heavy atom. The smallest absolute Gasteiger partial charge is 0.0524 e. The summed E-state index contributed by atoms with van der Waals surface area (Å²) in [7, 11) is 0. The van der Waals surface area contributed by atoms with Gasteiger partial charge in [0.2, 0.25) is 0 Å². The first-order valence-corrected chi connectivity index (χ1v) is 5.28. The topological polar surface area (TPSA) is 58.3 Å². The summed E-state index contributed by atoms with van der Waals surface area (Å²) in [6, 6.07) is 1.91. The standard InChI is InChI=1S/C9H16N2OS/c1-7(12)2-4-11-6-9-8(10)3-5-13-9/h3,5,7,11-12H,2,4,6,10H2,1H3. The van der Waals surface area contributed by atoms with Crippen molar-refractivity contribution in [2.75, 3.05) is 12.3 Å². The van der Waals surface area contributed by atoms with E-state index in [0.717, 1.165) is 25.2 Å². The van der Waals surface area contributed by atoms with Crippen LogP contribution in [0.2, 0.25) is 0 Å². The molecule has 0 aliphatic heterocycles. The summed E-state index contributed by atoms with van der Waals surface area (Å²) < 4.78 is 0. The second kappa shape index (κ2) is 5.21. The van der Waals surface area contributed by atoms with Crippen molar-refractivity contribution in [3.8, 4) is 0 Å². The third-order valence-corrected chi connectivity index (χ3v) is 2.74. The van der Waals surface area contributed by atoms with Crippen LogP contribution in [-0.2, 0) is 6.54 Å². The normalized spacial score (nSPS) is 13.1. The highest BCUT2D eigenvalue weighted by atomic mass is 32.1. The zero-order valence-electron chi connectivity index (χ0n) is 7.79. The van der Waals surface area contributed by atoms with E-state index < -0.39 is 0 Å². The van der Waals surface area contributed by atoms with Crippen LogP contribution < -0.4 is 11.1 Å². The molecule has 74 valence electrons. The van der Waals surface area contributed by atoms with E-state index in [4.69, 9.17) is 10.8 Å². The Labute approximate surface area is 82.6 Å². The lowest BCUT2D eigenvalue weighted by Gasteiger charge is -2.05. The highest BCUT2D eigenvalue weighted by molar-refractivity contribution is 7.10. The van der Waals surface area contributed by atoms with E-state index in [-0.39, 0.29) is 6.10 Å². The lowest BCUT2D eigenvalue weighted by molar-refractivity contribution is 0.183. The lowest BCUT2D eigenvalue weighted by atomic mass is 10.3. The highest BCUT2D eigenvalue weighted by Crippen LogP contribution is 2.17. The van der Waals surface area contributed by atoms with Crippen LogP contribution in [0.1, 0.15) is 18.2 Å². The molecule has 0 spiro atoms. The quantitative estimate of drug-likeness (QED) is 0.626. The number of nitrogens with two attached hydrogens (primary N) is 1. The minimum absolute atomic E-state index is 0.229. The number of aliphatic hydroxyl groups is 1. The number of nitrogen functional groups attached to an aromatic ring is 1. The third kappa shape index (κ3) is 3.76. The summed E-state index contributed by atoms with van der Waals surface area (Å²) in [5.74, 6) is 0. The van der Waals surface area contributed by atoms with E-state index in [0.29, 0.717) is 0 Å². The summed E-state index contributed by atoms with van der Waals surface area (Å²) in [6.45, 7) is 3.42. The van der Waals surface area contributed by atoms with E-state index in [1.165, 1.54) is 4.88 Å². The lowest BCUT2D eigenvalue weighted by Crippen LogP contribution is -2.18. The zero-order valence-corrected chi connectivity index (χ0v) is 8.60. The SMILES string of the molecule is CC(O)CCNCc1sccc1N. The molecule has 0 bridgehead atoms. The van der Waals surface area contributed by atoms with Gasteiger partial charge in [-0.25, -0.2) is 0 Å². The molecular weight excluding hydrogens is 184 g/mol. The molecule has 1 heterocycles. The van der Waals surface area contributed by atoms with Gasteiger partial charge in [0.15, 0.2) is 0 Å². The minimum Gasteiger partial charge on any atom is -0.398 e. The average Bonchev–Trinajstić information content (AvgIpc) is 2.45. The van der Waals surface area contributed by atoms with Crippen molar-refractivity contribution in [1.82, 2.24) is 5.32 Å². The maximum absolute atomic E-state index is 9.00. The molecule has 4 heteroatoms. The van der Waals surface area contributed by atoms with Crippen LogP contribution in [0, 0.1) is 0 Å². The molecular formula is C9H16N2OS.